The van der Waals surface area contributed by atoms with Crippen molar-refractivity contribution in [2.75, 3.05) is 13.7 Å². The van der Waals surface area contributed by atoms with Crippen LogP contribution in [-0.2, 0) is 19.1 Å². The van der Waals surface area contributed by atoms with Crippen molar-refractivity contribution >= 4 is 23.5 Å². The number of primary amides is 1. The van der Waals surface area contributed by atoms with Crippen molar-refractivity contribution in [3.05, 3.63) is 35.9 Å². The molecule has 1 saturated heterocycles. The third-order valence-corrected chi connectivity index (χ3v) is 4.74. The first-order valence-electron chi connectivity index (χ1n) is 9.28. The van der Waals surface area contributed by atoms with Gasteiger partial charge in [0.05, 0.1) is 0 Å². The van der Waals surface area contributed by atoms with Crippen molar-refractivity contribution in [1.29, 1.82) is 0 Å². The molecule has 1 heterocycles. The van der Waals surface area contributed by atoms with E-state index in [0.29, 0.717) is 24.3 Å². The number of nitrogens with one attached hydrogen (secondary N) is 1. The monoisotopic (exact) mass is 389 g/mol. The minimum Gasteiger partial charge on any atom is -0.367 e. The summed E-state index contributed by atoms with van der Waals surface area (Å²) in [5.41, 5.74) is 5.73. The summed E-state index contributed by atoms with van der Waals surface area (Å²) in [6.45, 7) is 3.76. The Morgan fingerprint density at radius 3 is 2.43 bits per heavy atom. The van der Waals surface area contributed by atoms with Crippen LogP contribution in [0.25, 0.3) is 0 Å². The van der Waals surface area contributed by atoms with Gasteiger partial charge in [-0.15, -0.1) is 0 Å². The van der Waals surface area contributed by atoms with Gasteiger partial charge in [-0.2, -0.15) is 0 Å². The number of likely N-dealkylation sites (N-methyl/N-ethyl adjacent to an activating group) is 1. The molecule has 1 aliphatic heterocycles. The SMILES string of the molecule is CC(C)CC[C@H](NC(=O)c1ccccc1)C(=O)N(C)C1C(=O)COC1C(N)=O. The molecule has 3 amide bonds. The topological polar surface area (TPSA) is 119 Å². The molecule has 0 bridgehead atoms. The van der Waals surface area contributed by atoms with Crippen LogP contribution in [0.4, 0.5) is 0 Å². The average molecular weight is 389 g/mol. The molecule has 1 aromatic rings. The molecule has 28 heavy (non-hydrogen) atoms. The highest BCUT2D eigenvalue weighted by molar-refractivity contribution is 6.01. The first-order valence-corrected chi connectivity index (χ1v) is 9.28. The molecule has 1 fully saturated rings. The zero-order chi connectivity index (χ0) is 20.8. The summed E-state index contributed by atoms with van der Waals surface area (Å²) in [6.07, 6.45) is -0.0761. The number of nitrogens with zero attached hydrogens (tertiary/aromatic N) is 1. The first kappa shape index (κ1) is 21.6. The fourth-order valence-corrected chi connectivity index (χ4v) is 3.15. The molecular weight excluding hydrogens is 362 g/mol. The van der Waals surface area contributed by atoms with Crippen LogP contribution in [0.15, 0.2) is 30.3 Å². The van der Waals surface area contributed by atoms with Crippen molar-refractivity contribution in [2.24, 2.45) is 11.7 Å². The second-order valence-corrected chi connectivity index (χ2v) is 7.36. The fourth-order valence-electron chi connectivity index (χ4n) is 3.15. The zero-order valence-corrected chi connectivity index (χ0v) is 16.4. The van der Waals surface area contributed by atoms with Crippen LogP contribution in [0.2, 0.25) is 0 Å². The molecule has 2 unspecified atom stereocenters. The highest BCUT2D eigenvalue weighted by Gasteiger charge is 2.45. The van der Waals surface area contributed by atoms with Crippen LogP contribution in [0.5, 0.6) is 0 Å². The second-order valence-electron chi connectivity index (χ2n) is 7.36. The van der Waals surface area contributed by atoms with Gasteiger partial charge in [0, 0.05) is 12.6 Å². The Bertz CT molecular complexity index is 735. The van der Waals surface area contributed by atoms with E-state index in [9.17, 15) is 19.2 Å². The molecule has 0 saturated carbocycles. The summed E-state index contributed by atoms with van der Waals surface area (Å²) in [4.78, 5) is 50.5. The maximum absolute atomic E-state index is 13.1. The molecule has 0 radical (unpaired) electrons. The number of benzene rings is 1. The predicted molar refractivity (Wildman–Crippen MR) is 102 cm³/mol. The minimum absolute atomic E-state index is 0.275. The summed E-state index contributed by atoms with van der Waals surface area (Å²) in [5, 5.41) is 2.75. The Hall–Kier alpha value is -2.74. The zero-order valence-electron chi connectivity index (χ0n) is 16.4. The Morgan fingerprint density at radius 2 is 1.86 bits per heavy atom. The normalized spacial score (nSPS) is 20.1. The van der Waals surface area contributed by atoms with E-state index >= 15 is 0 Å². The quantitative estimate of drug-likeness (QED) is 0.671. The lowest BCUT2D eigenvalue weighted by atomic mass is 10.00. The van der Waals surface area contributed by atoms with E-state index in [0.717, 1.165) is 0 Å². The summed E-state index contributed by atoms with van der Waals surface area (Å²) >= 11 is 0. The molecule has 8 heteroatoms. The number of ketones is 1. The number of rotatable bonds is 8. The molecule has 152 valence electrons. The minimum atomic E-state index is -1.18. The van der Waals surface area contributed by atoms with Crippen LogP contribution >= 0.6 is 0 Å². The molecule has 1 aliphatic rings. The highest BCUT2D eigenvalue weighted by Crippen LogP contribution is 2.18. The number of hydrogen-bond donors (Lipinski definition) is 2. The lowest BCUT2D eigenvalue weighted by Gasteiger charge is -2.30. The van der Waals surface area contributed by atoms with E-state index < -0.39 is 35.8 Å². The molecular formula is C20H27N3O5. The Kier molecular flexibility index (Phi) is 7.28. The predicted octanol–water partition coefficient (Wildman–Crippen LogP) is 0.501. The van der Waals surface area contributed by atoms with Crippen molar-refractivity contribution in [2.45, 2.75) is 44.9 Å². The van der Waals surface area contributed by atoms with Gasteiger partial charge in [0.1, 0.15) is 18.7 Å². The lowest BCUT2D eigenvalue weighted by Crippen LogP contribution is -2.56. The lowest BCUT2D eigenvalue weighted by molar-refractivity contribution is -0.141. The van der Waals surface area contributed by atoms with Crippen LogP contribution in [0.3, 0.4) is 0 Å². The van der Waals surface area contributed by atoms with Crippen LogP contribution in [-0.4, -0.2) is 60.2 Å². The smallest absolute Gasteiger partial charge is 0.251 e. The molecule has 0 aromatic heterocycles. The van der Waals surface area contributed by atoms with Gasteiger partial charge in [-0.3, -0.25) is 19.2 Å². The summed E-state index contributed by atoms with van der Waals surface area (Å²) in [6, 6.07) is 6.65. The number of amides is 3. The molecule has 1 aromatic carbocycles. The third kappa shape index (κ3) is 5.16. The fraction of sp³-hybridized carbons (Fsp3) is 0.500. The van der Waals surface area contributed by atoms with Crippen molar-refractivity contribution < 1.29 is 23.9 Å². The van der Waals surface area contributed by atoms with E-state index in [1.165, 1.54) is 11.9 Å². The van der Waals surface area contributed by atoms with Gasteiger partial charge in [0.15, 0.2) is 11.9 Å². The van der Waals surface area contributed by atoms with Gasteiger partial charge in [-0.1, -0.05) is 32.0 Å². The highest BCUT2D eigenvalue weighted by atomic mass is 16.5. The van der Waals surface area contributed by atoms with Crippen LogP contribution in [0.1, 0.15) is 37.0 Å². The number of ether oxygens (including phenoxy) is 1. The van der Waals surface area contributed by atoms with Gasteiger partial charge in [-0.25, -0.2) is 0 Å². The molecule has 0 aliphatic carbocycles. The van der Waals surface area contributed by atoms with Gasteiger partial charge in [0.25, 0.3) is 5.91 Å². The van der Waals surface area contributed by atoms with Crippen LogP contribution in [0, 0.1) is 5.92 Å². The van der Waals surface area contributed by atoms with Gasteiger partial charge in [-0.05, 0) is 30.9 Å². The molecule has 8 nitrogen and oxygen atoms in total. The van der Waals surface area contributed by atoms with Crippen LogP contribution < -0.4 is 11.1 Å². The van der Waals surface area contributed by atoms with E-state index in [1.807, 2.05) is 13.8 Å². The van der Waals surface area contributed by atoms with E-state index in [4.69, 9.17) is 10.5 Å². The Morgan fingerprint density at radius 1 is 1.21 bits per heavy atom. The molecule has 3 atom stereocenters. The third-order valence-electron chi connectivity index (χ3n) is 4.74. The maximum Gasteiger partial charge on any atom is 0.251 e. The Balaban J connectivity index is 2.19. The maximum atomic E-state index is 13.1. The van der Waals surface area contributed by atoms with Gasteiger partial charge in [0.2, 0.25) is 11.8 Å². The Labute approximate surface area is 164 Å². The number of Topliss-reactive ketones (excluding diaryl/α,β-unsaturated/α-hetero) is 1. The van der Waals surface area contributed by atoms with Crippen molar-refractivity contribution in [1.82, 2.24) is 10.2 Å². The van der Waals surface area contributed by atoms with E-state index in [2.05, 4.69) is 5.32 Å². The summed E-state index contributed by atoms with van der Waals surface area (Å²) < 4.78 is 5.13. The average Bonchev–Trinajstić information content (AvgIpc) is 3.06. The van der Waals surface area contributed by atoms with E-state index in [-0.39, 0.29) is 12.5 Å². The van der Waals surface area contributed by atoms with Gasteiger partial charge >= 0.3 is 0 Å². The first-order chi connectivity index (χ1) is 13.2. The molecule has 0 spiro atoms. The van der Waals surface area contributed by atoms with E-state index in [1.54, 1.807) is 30.3 Å². The summed E-state index contributed by atoms with van der Waals surface area (Å²) in [7, 11) is 1.42. The van der Waals surface area contributed by atoms with Crippen molar-refractivity contribution in [3.8, 4) is 0 Å². The number of carbonyl (C=O) groups excluding carboxylic acids is 4. The standard InChI is InChI=1S/C20H27N3O5/c1-12(2)9-10-14(22-19(26)13-7-5-4-6-8-13)20(27)23(3)16-15(24)11-28-17(16)18(21)25/h4-8,12,14,16-17H,9-11H2,1-3H3,(H2,21,25)(H,22,26)/t14-,16?,17?/m0/s1. The second kappa shape index (κ2) is 9.45. The molecule has 3 N–H and O–H groups in total. The van der Waals surface area contributed by atoms with Gasteiger partial charge < -0.3 is 20.7 Å². The summed E-state index contributed by atoms with van der Waals surface area (Å²) in [5.74, 6) is -1.71. The number of carbonyl (C=O) groups is 4. The largest absolute Gasteiger partial charge is 0.367 e. The number of hydrogen-bond acceptors (Lipinski definition) is 5. The molecule has 2 rings (SSSR count). The number of nitrogens with two attached hydrogens (primary N) is 1. The van der Waals surface area contributed by atoms with Crippen molar-refractivity contribution in [3.63, 3.8) is 0 Å².